The fraction of sp³-hybridized carbons (Fsp3) is 0.182. The number of carboxylic acids is 1. The monoisotopic (exact) mass is 250 g/mol. The Bertz CT molecular complexity index is 632. The van der Waals surface area contributed by atoms with Gasteiger partial charge in [-0.3, -0.25) is 0 Å². The summed E-state index contributed by atoms with van der Waals surface area (Å²) in [6.07, 6.45) is 1.49. The molecule has 7 nitrogen and oxygen atoms in total. The lowest BCUT2D eigenvalue weighted by Gasteiger charge is -2.00. The highest BCUT2D eigenvalue weighted by Gasteiger charge is 2.26. The van der Waals surface area contributed by atoms with Crippen LogP contribution in [0.2, 0.25) is 0 Å². The van der Waals surface area contributed by atoms with Gasteiger partial charge in [-0.2, -0.15) is 5.10 Å². The van der Waals surface area contributed by atoms with Crippen molar-refractivity contribution in [2.75, 3.05) is 7.11 Å². The van der Waals surface area contributed by atoms with Gasteiger partial charge in [0.15, 0.2) is 5.69 Å². The number of methoxy groups -OCH3 is 1. The SMILES string of the molecule is COC(=O)c1nn2cccc(CO)c2c1C(=O)O. The van der Waals surface area contributed by atoms with Crippen LogP contribution in [0.3, 0.4) is 0 Å². The molecule has 7 heteroatoms. The summed E-state index contributed by atoms with van der Waals surface area (Å²) in [5.74, 6) is -2.13. The number of hydrogen-bond donors (Lipinski definition) is 2. The number of hydrogen-bond acceptors (Lipinski definition) is 5. The van der Waals surface area contributed by atoms with E-state index in [4.69, 9.17) is 0 Å². The molecule has 0 amide bonds. The van der Waals surface area contributed by atoms with Gasteiger partial charge in [-0.05, 0) is 6.07 Å². The number of carboxylic acid groups (broad SMARTS) is 1. The molecular formula is C11H10N2O5. The Balaban J connectivity index is 2.85. The quantitative estimate of drug-likeness (QED) is 0.760. The number of carbonyl (C=O) groups excluding carboxylic acids is 1. The van der Waals surface area contributed by atoms with Crippen molar-refractivity contribution in [2.45, 2.75) is 6.61 Å². The number of aromatic nitrogens is 2. The van der Waals surface area contributed by atoms with Crippen LogP contribution >= 0.6 is 0 Å². The van der Waals surface area contributed by atoms with Crippen molar-refractivity contribution in [3.63, 3.8) is 0 Å². The first kappa shape index (κ1) is 12.1. The van der Waals surface area contributed by atoms with E-state index < -0.39 is 11.9 Å². The van der Waals surface area contributed by atoms with Crippen LogP contribution in [0.5, 0.6) is 0 Å². The molecule has 2 aromatic rings. The summed E-state index contributed by atoms with van der Waals surface area (Å²) >= 11 is 0. The summed E-state index contributed by atoms with van der Waals surface area (Å²) in [7, 11) is 1.14. The molecule has 0 aliphatic rings. The smallest absolute Gasteiger partial charge is 0.359 e. The number of aromatic carboxylic acids is 1. The average molecular weight is 250 g/mol. The maximum absolute atomic E-state index is 11.5. The largest absolute Gasteiger partial charge is 0.478 e. The van der Waals surface area contributed by atoms with Crippen LogP contribution in [0.25, 0.3) is 5.52 Å². The first-order valence-corrected chi connectivity index (χ1v) is 5.02. The minimum absolute atomic E-state index is 0.188. The number of rotatable bonds is 3. The summed E-state index contributed by atoms with van der Waals surface area (Å²) in [5.41, 5.74) is 0.00264. The Labute approximate surface area is 101 Å². The van der Waals surface area contributed by atoms with Crippen molar-refractivity contribution in [3.05, 3.63) is 35.2 Å². The molecular weight excluding hydrogens is 240 g/mol. The summed E-state index contributed by atoms with van der Waals surface area (Å²) in [5, 5.41) is 22.2. The van der Waals surface area contributed by atoms with E-state index in [9.17, 15) is 19.8 Å². The molecule has 2 rings (SSSR count). The molecule has 0 atom stereocenters. The molecule has 0 spiro atoms. The summed E-state index contributed by atoms with van der Waals surface area (Å²) < 4.78 is 5.73. The van der Waals surface area contributed by atoms with Crippen molar-refractivity contribution in [1.29, 1.82) is 0 Å². The van der Waals surface area contributed by atoms with Gasteiger partial charge in [0.25, 0.3) is 0 Å². The highest BCUT2D eigenvalue weighted by atomic mass is 16.5. The number of carbonyl (C=O) groups is 2. The van der Waals surface area contributed by atoms with Crippen LogP contribution in [-0.2, 0) is 11.3 Å². The van der Waals surface area contributed by atoms with Gasteiger partial charge in [0.1, 0.15) is 5.56 Å². The normalized spacial score (nSPS) is 10.6. The lowest BCUT2D eigenvalue weighted by atomic mass is 10.1. The second-order valence-electron chi connectivity index (χ2n) is 3.51. The zero-order valence-electron chi connectivity index (χ0n) is 9.45. The van der Waals surface area contributed by atoms with Crippen molar-refractivity contribution in [2.24, 2.45) is 0 Å². The molecule has 94 valence electrons. The van der Waals surface area contributed by atoms with Crippen LogP contribution < -0.4 is 0 Å². The van der Waals surface area contributed by atoms with E-state index in [0.29, 0.717) is 5.56 Å². The first-order valence-electron chi connectivity index (χ1n) is 5.02. The second-order valence-corrected chi connectivity index (χ2v) is 3.51. The topological polar surface area (TPSA) is 101 Å². The van der Waals surface area contributed by atoms with Gasteiger partial charge in [-0.25, -0.2) is 14.1 Å². The second kappa shape index (κ2) is 4.46. The maximum Gasteiger partial charge on any atom is 0.359 e. The van der Waals surface area contributed by atoms with Crippen molar-refractivity contribution in [3.8, 4) is 0 Å². The Kier molecular flexibility index (Phi) is 2.99. The summed E-state index contributed by atoms with van der Waals surface area (Å²) in [6.45, 7) is -0.350. The molecule has 0 saturated heterocycles. The number of pyridine rings is 1. The van der Waals surface area contributed by atoms with Gasteiger partial charge in [-0.1, -0.05) is 6.07 Å². The molecule has 2 heterocycles. The molecule has 2 N–H and O–H groups in total. The fourth-order valence-electron chi connectivity index (χ4n) is 1.74. The first-order chi connectivity index (χ1) is 8.60. The van der Waals surface area contributed by atoms with E-state index in [0.717, 1.165) is 7.11 Å². The molecule has 2 aromatic heterocycles. The fourth-order valence-corrected chi connectivity index (χ4v) is 1.74. The predicted molar refractivity (Wildman–Crippen MR) is 59.4 cm³/mol. The van der Waals surface area contributed by atoms with Gasteiger partial charge in [-0.15, -0.1) is 0 Å². The molecule has 0 bridgehead atoms. The third kappa shape index (κ3) is 1.70. The predicted octanol–water partition coefficient (Wildman–Crippen LogP) is 0.311. The van der Waals surface area contributed by atoms with Crippen molar-refractivity contribution >= 4 is 17.5 Å². The van der Waals surface area contributed by atoms with E-state index in [1.807, 2.05) is 0 Å². The summed E-state index contributed by atoms with van der Waals surface area (Å²) in [4.78, 5) is 22.7. The minimum Gasteiger partial charge on any atom is -0.478 e. The molecule has 0 aliphatic carbocycles. The highest BCUT2D eigenvalue weighted by molar-refractivity contribution is 6.06. The molecule has 0 fully saturated rings. The Morgan fingerprint density at radius 3 is 2.78 bits per heavy atom. The van der Waals surface area contributed by atoms with E-state index in [1.165, 1.54) is 10.7 Å². The van der Waals surface area contributed by atoms with Crippen LogP contribution in [-0.4, -0.2) is 38.9 Å². The third-order valence-electron chi connectivity index (χ3n) is 2.50. The van der Waals surface area contributed by atoms with Gasteiger partial charge < -0.3 is 14.9 Å². The number of aliphatic hydroxyl groups is 1. The lowest BCUT2D eigenvalue weighted by molar-refractivity contribution is 0.0577. The number of nitrogens with zero attached hydrogens (tertiary/aromatic N) is 2. The molecule has 0 saturated carbocycles. The number of esters is 1. The molecule has 0 aliphatic heterocycles. The van der Waals surface area contributed by atoms with Crippen LogP contribution in [0.4, 0.5) is 0 Å². The standard InChI is InChI=1S/C11H10N2O5/c1-18-11(17)8-7(10(15)16)9-6(5-14)3-2-4-13(9)12-8/h2-4,14H,5H2,1H3,(H,15,16). The van der Waals surface area contributed by atoms with Crippen molar-refractivity contribution in [1.82, 2.24) is 9.61 Å². The van der Waals surface area contributed by atoms with Gasteiger partial charge in [0, 0.05) is 11.8 Å². The zero-order chi connectivity index (χ0) is 13.3. The Morgan fingerprint density at radius 2 is 2.22 bits per heavy atom. The van der Waals surface area contributed by atoms with Crippen LogP contribution in [0.1, 0.15) is 26.4 Å². The minimum atomic E-state index is -1.30. The molecule has 0 unspecified atom stereocenters. The summed E-state index contributed by atoms with van der Waals surface area (Å²) in [6, 6.07) is 3.16. The number of aliphatic hydroxyl groups excluding tert-OH is 1. The number of fused-ring (bicyclic) bond motifs is 1. The van der Waals surface area contributed by atoms with Gasteiger partial charge in [0.05, 0.1) is 19.2 Å². The zero-order valence-corrected chi connectivity index (χ0v) is 9.45. The number of ether oxygens (including phenoxy) is 1. The maximum atomic E-state index is 11.5. The van der Waals surface area contributed by atoms with E-state index >= 15 is 0 Å². The van der Waals surface area contributed by atoms with Crippen molar-refractivity contribution < 1.29 is 24.5 Å². The lowest BCUT2D eigenvalue weighted by Crippen LogP contribution is -2.09. The van der Waals surface area contributed by atoms with Gasteiger partial charge >= 0.3 is 11.9 Å². The third-order valence-corrected chi connectivity index (χ3v) is 2.50. The Hall–Kier alpha value is -2.41. The average Bonchev–Trinajstić information content (AvgIpc) is 2.76. The molecule has 0 aromatic carbocycles. The van der Waals surface area contributed by atoms with E-state index in [-0.39, 0.29) is 23.4 Å². The van der Waals surface area contributed by atoms with Gasteiger partial charge in [0.2, 0.25) is 0 Å². The van der Waals surface area contributed by atoms with E-state index in [1.54, 1.807) is 12.1 Å². The van der Waals surface area contributed by atoms with Crippen LogP contribution in [0, 0.1) is 0 Å². The van der Waals surface area contributed by atoms with E-state index in [2.05, 4.69) is 9.84 Å². The molecule has 0 radical (unpaired) electrons. The molecule has 18 heavy (non-hydrogen) atoms. The highest BCUT2D eigenvalue weighted by Crippen LogP contribution is 2.20. The Morgan fingerprint density at radius 1 is 1.50 bits per heavy atom. The van der Waals surface area contributed by atoms with Crippen LogP contribution in [0.15, 0.2) is 18.3 Å².